The molecule has 8 atom stereocenters. The van der Waals surface area contributed by atoms with E-state index in [4.69, 9.17) is 0 Å². The summed E-state index contributed by atoms with van der Waals surface area (Å²) in [4.78, 5) is 48.7. The van der Waals surface area contributed by atoms with Crippen LogP contribution in [-0.2, 0) is 16.1 Å². The Bertz CT molecular complexity index is 2040. The summed E-state index contributed by atoms with van der Waals surface area (Å²) >= 11 is 0. The van der Waals surface area contributed by atoms with E-state index < -0.39 is 18.1 Å². The van der Waals surface area contributed by atoms with Crippen molar-refractivity contribution in [3.05, 3.63) is 59.7 Å². The number of carbonyl (C=O) groups excluding carboxylic acids is 3. The highest BCUT2D eigenvalue weighted by Gasteiger charge is 2.56. The van der Waals surface area contributed by atoms with Crippen molar-refractivity contribution in [2.75, 3.05) is 74.0 Å². The molecule has 3 amide bonds. The molecule has 3 N–H and O–H groups in total. The lowest BCUT2D eigenvalue weighted by Crippen LogP contribution is -2.61. The fourth-order valence-corrected chi connectivity index (χ4v) is 10.5. The first-order valence-corrected chi connectivity index (χ1v) is 20.0. The van der Waals surface area contributed by atoms with Gasteiger partial charge in [0, 0.05) is 101 Å². The number of alkyl halides is 1. The third-order valence-electron chi connectivity index (χ3n) is 13.7. The summed E-state index contributed by atoms with van der Waals surface area (Å²) in [5, 5.41) is 25.2. The largest absolute Gasteiger partial charge is 0.507 e. The van der Waals surface area contributed by atoms with Gasteiger partial charge in [0.05, 0.1) is 17.4 Å². The maximum absolute atomic E-state index is 15.8. The third kappa shape index (κ3) is 6.17. The molecule has 1 aromatic heterocycles. The Hall–Kier alpha value is -4.82. The summed E-state index contributed by atoms with van der Waals surface area (Å²) in [5.41, 5.74) is 4.68. The zero-order valence-electron chi connectivity index (χ0n) is 31.1. The van der Waals surface area contributed by atoms with Crippen LogP contribution in [-0.4, -0.2) is 131 Å². The van der Waals surface area contributed by atoms with Gasteiger partial charge in [0.2, 0.25) is 11.8 Å². The normalized spacial score (nSPS) is 31.7. The number of fused-ring (bicyclic) bond motifs is 5. The van der Waals surface area contributed by atoms with E-state index in [1.807, 2.05) is 36.4 Å². The molecule has 0 spiro atoms. The summed E-state index contributed by atoms with van der Waals surface area (Å²) < 4.78 is 15.8. The topological polar surface area (TPSA) is 137 Å². The SMILES string of the molecule is C[C@H]1CN2c3cc(-c4ccccc4O)nnc3NC[C@H]2CN1CC1[C@H]2CN(C[C@H]3CCN(c4ccc5c(c4)C(=O)N(C4CCC(=O)NC4=O)C5)C[C@@H]3F)C[C@@H]12. The number of nitrogens with one attached hydrogen (secondary N) is 2. The third-order valence-corrected chi connectivity index (χ3v) is 13.7. The minimum Gasteiger partial charge on any atom is -0.507 e. The van der Waals surface area contributed by atoms with Gasteiger partial charge in [-0.2, -0.15) is 0 Å². The number of aromatic hydroxyl groups is 1. The molecule has 2 aromatic carbocycles. The summed E-state index contributed by atoms with van der Waals surface area (Å²) in [5.74, 6) is 2.16. The number of carbonyl (C=O) groups is 3. The zero-order chi connectivity index (χ0) is 37.5. The van der Waals surface area contributed by atoms with Gasteiger partial charge in [0.25, 0.3) is 5.91 Å². The average molecular weight is 750 g/mol. The lowest BCUT2D eigenvalue weighted by molar-refractivity contribution is -0.136. The predicted molar refractivity (Wildman–Crippen MR) is 204 cm³/mol. The standard InChI is InChI=1S/C41H48FN9O4/c1-23-15-50-27(14-43-39-36(50)13-34(45-46-39)28-4-2-3-5-37(28)52)18-49(23)21-32-30-19-47(20-31(30)32)16-25-10-11-48(22-33(25)42)26-7-6-24-17-51(41(55)29(24)12-26)35-8-9-38(53)44-40(35)54/h2-7,12-13,23,25,27,30-33,35,52H,8-11,14-22H2,1H3,(H,43,46)(H,44,53,54)/t23-,25+,27-,30-,31+,32?,33-,35?/m0/s1. The van der Waals surface area contributed by atoms with Crippen LogP contribution >= 0.6 is 0 Å². The Labute approximate surface area is 319 Å². The van der Waals surface area contributed by atoms with Gasteiger partial charge in [0.1, 0.15) is 18.0 Å². The first-order chi connectivity index (χ1) is 26.7. The lowest BCUT2D eigenvalue weighted by Gasteiger charge is -2.49. The minimum atomic E-state index is -0.947. The number of phenols is 1. The molecule has 13 nitrogen and oxygen atoms in total. The molecule has 55 heavy (non-hydrogen) atoms. The van der Waals surface area contributed by atoms with Crippen LogP contribution in [0.4, 0.5) is 21.6 Å². The number of piperidine rings is 3. The first kappa shape index (κ1) is 34.7. The van der Waals surface area contributed by atoms with Crippen molar-refractivity contribution in [3.8, 4) is 17.0 Å². The highest BCUT2D eigenvalue weighted by molar-refractivity contribution is 6.05. The number of anilines is 3. The second-order valence-electron chi connectivity index (χ2n) is 16.9. The number of hydrogen-bond donors (Lipinski definition) is 3. The number of amides is 3. The molecule has 0 radical (unpaired) electrons. The van der Waals surface area contributed by atoms with Crippen LogP contribution in [0.1, 0.15) is 42.1 Å². The molecule has 10 rings (SSSR count). The minimum absolute atomic E-state index is 0.00267. The van der Waals surface area contributed by atoms with E-state index in [9.17, 15) is 19.5 Å². The van der Waals surface area contributed by atoms with E-state index in [1.165, 1.54) is 0 Å². The number of benzene rings is 2. The number of phenolic OH excluding ortho intramolecular Hbond substituents is 1. The second kappa shape index (κ2) is 13.4. The highest BCUT2D eigenvalue weighted by atomic mass is 19.1. The van der Waals surface area contributed by atoms with Gasteiger partial charge >= 0.3 is 0 Å². The van der Waals surface area contributed by atoms with Gasteiger partial charge in [-0.25, -0.2) is 4.39 Å². The Kier molecular flexibility index (Phi) is 8.47. The van der Waals surface area contributed by atoms with Crippen molar-refractivity contribution in [2.24, 2.45) is 23.7 Å². The fourth-order valence-electron chi connectivity index (χ4n) is 10.5. The highest BCUT2D eigenvalue weighted by Crippen LogP contribution is 2.53. The van der Waals surface area contributed by atoms with Crippen LogP contribution < -0.4 is 20.4 Å². The second-order valence-corrected chi connectivity index (χ2v) is 16.9. The van der Waals surface area contributed by atoms with Gasteiger partial charge in [-0.1, -0.05) is 18.2 Å². The summed E-state index contributed by atoms with van der Waals surface area (Å²) in [7, 11) is 0. The maximum atomic E-state index is 15.8. The molecular weight excluding hydrogens is 702 g/mol. The smallest absolute Gasteiger partial charge is 0.255 e. The van der Waals surface area contributed by atoms with Gasteiger partial charge in [-0.15, -0.1) is 10.2 Å². The van der Waals surface area contributed by atoms with Crippen molar-refractivity contribution in [3.63, 3.8) is 0 Å². The monoisotopic (exact) mass is 749 g/mol. The van der Waals surface area contributed by atoms with Crippen molar-refractivity contribution in [1.82, 2.24) is 30.2 Å². The van der Waals surface area contributed by atoms with Gasteiger partial charge < -0.3 is 30.0 Å². The number of halogens is 1. The molecule has 7 aliphatic rings. The molecule has 7 heterocycles. The molecule has 1 aliphatic carbocycles. The Morgan fingerprint density at radius 3 is 2.55 bits per heavy atom. The molecule has 3 aromatic rings. The first-order valence-electron chi connectivity index (χ1n) is 20.0. The van der Waals surface area contributed by atoms with E-state index in [2.05, 4.69) is 53.4 Å². The molecular formula is C41H48FN9O4. The zero-order valence-corrected chi connectivity index (χ0v) is 31.1. The molecule has 288 valence electrons. The molecule has 14 heteroatoms. The number of piperazine rings is 1. The van der Waals surface area contributed by atoms with E-state index >= 15 is 4.39 Å². The Balaban J connectivity index is 0.705. The summed E-state index contributed by atoms with van der Waals surface area (Å²) in [6, 6.07) is 15.1. The number of hydrogen-bond acceptors (Lipinski definition) is 11. The molecule has 4 saturated heterocycles. The van der Waals surface area contributed by atoms with Crippen LogP contribution in [0.5, 0.6) is 5.75 Å². The molecule has 1 saturated carbocycles. The van der Waals surface area contributed by atoms with E-state index in [1.54, 1.807) is 11.0 Å². The van der Waals surface area contributed by atoms with Crippen molar-refractivity contribution in [1.29, 1.82) is 0 Å². The van der Waals surface area contributed by atoms with Crippen LogP contribution in [0.15, 0.2) is 48.5 Å². The van der Waals surface area contributed by atoms with Gasteiger partial charge in [-0.3, -0.25) is 24.6 Å². The number of imide groups is 1. The molecule has 0 bridgehead atoms. The van der Waals surface area contributed by atoms with Crippen molar-refractivity contribution < 1.29 is 23.9 Å². The molecule has 5 fully saturated rings. The van der Waals surface area contributed by atoms with Crippen molar-refractivity contribution in [2.45, 2.75) is 57.0 Å². The Morgan fingerprint density at radius 1 is 0.909 bits per heavy atom. The summed E-state index contributed by atoms with van der Waals surface area (Å²) in [6.07, 6.45) is 0.378. The number of aromatic nitrogens is 2. The quantitative estimate of drug-likeness (QED) is 0.308. The lowest BCUT2D eigenvalue weighted by atomic mass is 9.93. The van der Waals surface area contributed by atoms with Crippen LogP contribution in [0, 0.1) is 23.7 Å². The average Bonchev–Trinajstić information content (AvgIpc) is 3.45. The van der Waals surface area contributed by atoms with Gasteiger partial charge in [0.15, 0.2) is 5.82 Å². The van der Waals surface area contributed by atoms with Gasteiger partial charge in [-0.05, 0) is 73.4 Å². The van der Waals surface area contributed by atoms with Crippen molar-refractivity contribution >= 4 is 34.9 Å². The summed E-state index contributed by atoms with van der Waals surface area (Å²) in [6.45, 7) is 10.5. The van der Waals surface area contributed by atoms with Crippen LogP contribution in [0.25, 0.3) is 11.3 Å². The molecule has 6 aliphatic heterocycles. The van der Waals surface area contributed by atoms with Crippen LogP contribution in [0.3, 0.4) is 0 Å². The number of nitrogens with zero attached hydrogens (tertiary/aromatic N) is 7. The van der Waals surface area contributed by atoms with E-state index in [0.29, 0.717) is 66.2 Å². The predicted octanol–water partition coefficient (Wildman–Crippen LogP) is 2.96. The Morgan fingerprint density at radius 2 is 1.75 bits per heavy atom. The molecule has 2 unspecified atom stereocenters. The van der Waals surface area contributed by atoms with E-state index in [-0.39, 0.29) is 29.9 Å². The fraction of sp³-hybridized carbons (Fsp3) is 0.537. The number of para-hydroxylation sites is 1. The van der Waals surface area contributed by atoms with Crippen LogP contribution in [0.2, 0.25) is 0 Å². The van der Waals surface area contributed by atoms with E-state index in [0.717, 1.165) is 81.5 Å². The maximum Gasteiger partial charge on any atom is 0.255 e. The number of likely N-dealkylation sites (tertiary alicyclic amines) is 1. The number of rotatable bonds is 7.